The third-order valence-corrected chi connectivity index (χ3v) is 5.77. The van der Waals surface area contributed by atoms with Crippen molar-refractivity contribution < 1.29 is 9.53 Å². The van der Waals surface area contributed by atoms with E-state index in [0.717, 1.165) is 47.3 Å². The summed E-state index contributed by atoms with van der Waals surface area (Å²) in [5.41, 5.74) is 2.70. The van der Waals surface area contributed by atoms with Crippen LogP contribution in [0.25, 0.3) is 10.2 Å². The maximum atomic E-state index is 12.5. The summed E-state index contributed by atoms with van der Waals surface area (Å²) < 4.78 is 6.98. The minimum Gasteiger partial charge on any atom is -0.460 e. The minimum atomic E-state index is -0.0850. The highest BCUT2D eigenvalue weighted by Crippen LogP contribution is 2.25. The molecule has 0 radical (unpaired) electrons. The molecule has 1 N–H and O–H groups in total. The first-order valence-corrected chi connectivity index (χ1v) is 10.0. The Hall–Kier alpha value is -2.54. The van der Waals surface area contributed by atoms with Gasteiger partial charge in [0.25, 0.3) is 5.91 Å². The van der Waals surface area contributed by atoms with Crippen molar-refractivity contribution in [3.8, 4) is 6.01 Å². The summed E-state index contributed by atoms with van der Waals surface area (Å²) in [7, 11) is 0. The van der Waals surface area contributed by atoms with Gasteiger partial charge in [-0.25, -0.2) is 15.0 Å². The number of ether oxygens (including phenoxy) is 1. The highest BCUT2D eigenvalue weighted by Gasteiger charge is 2.25. The van der Waals surface area contributed by atoms with Crippen LogP contribution in [0.3, 0.4) is 0 Å². The largest absolute Gasteiger partial charge is 0.460 e. The fraction of sp³-hybridized carbons (Fsp3) is 0.400. The maximum Gasteiger partial charge on any atom is 0.317 e. The average Bonchev–Trinajstić information content (AvgIpc) is 3.07. The fourth-order valence-corrected chi connectivity index (χ4v) is 4.31. The molecule has 1 aromatic carbocycles. The van der Waals surface area contributed by atoms with Crippen LogP contribution in [0.5, 0.6) is 6.01 Å². The van der Waals surface area contributed by atoms with E-state index in [1.807, 2.05) is 44.2 Å². The molecule has 1 amide bonds. The third-order valence-electron chi connectivity index (χ3n) is 4.73. The van der Waals surface area contributed by atoms with Crippen molar-refractivity contribution in [2.45, 2.75) is 51.7 Å². The van der Waals surface area contributed by atoms with E-state index in [2.05, 4.69) is 20.3 Å². The lowest BCUT2D eigenvalue weighted by Gasteiger charge is -2.28. The Kier molecular flexibility index (Phi) is 5.03. The Morgan fingerprint density at radius 1 is 1.07 bits per heavy atom. The van der Waals surface area contributed by atoms with Crippen LogP contribution in [0.15, 0.2) is 30.3 Å². The van der Waals surface area contributed by atoms with Gasteiger partial charge in [0.05, 0.1) is 10.2 Å². The van der Waals surface area contributed by atoms with Gasteiger partial charge in [0.1, 0.15) is 6.10 Å². The smallest absolute Gasteiger partial charge is 0.317 e. The number of carbonyl (C=O) groups excluding carboxylic acids is 1. The molecule has 0 atom stereocenters. The molecule has 1 fully saturated rings. The first-order chi connectivity index (χ1) is 13.1. The van der Waals surface area contributed by atoms with Crippen LogP contribution >= 0.6 is 11.3 Å². The van der Waals surface area contributed by atoms with Crippen LogP contribution < -0.4 is 10.1 Å². The molecule has 0 spiro atoms. The minimum absolute atomic E-state index is 0.0850. The van der Waals surface area contributed by atoms with Crippen LogP contribution in [-0.4, -0.2) is 33.0 Å². The van der Waals surface area contributed by atoms with Crippen LogP contribution in [0.1, 0.15) is 46.9 Å². The second-order valence-corrected chi connectivity index (χ2v) is 8.02. The van der Waals surface area contributed by atoms with E-state index in [1.54, 1.807) is 0 Å². The molecule has 0 bridgehead atoms. The Morgan fingerprint density at radius 2 is 1.78 bits per heavy atom. The molecule has 3 aromatic rings. The van der Waals surface area contributed by atoms with Crippen molar-refractivity contribution in [3.05, 3.63) is 46.7 Å². The standard InChI is InChI=1S/C20H22N4O2S/c1-12-11-13(2)22-20(21-12)26-15-9-7-14(8-10-15)23-18(25)19-24-16-5-3-4-6-17(16)27-19/h3-6,11,14-15H,7-10H2,1-2H3,(H,23,25). The van der Waals surface area contributed by atoms with E-state index < -0.39 is 0 Å². The zero-order valence-corrected chi connectivity index (χ0v) is 16.3. The molecule has 6 nitrogen and oxygen atoms in total. The Balaban J connectivity index is 1.31. The number of nitrogens with one attached hydrogen (secondary N) is 1. The van der Waals surface area contributed by atoms with E-state index in [1.165, 1.54) is 11.3 Å². The first kappa shape index (κ1) is 17.9. The highest BCUT2D eigenvalue weighted by atomic mass is 32.1. The second-order valence-electron chi connectivity index (χ2n) is 6.98. The van der Waals surface area contributed by atoms with Gasteiger partial charge >= 0.3 is 6.01 Å². The van der Waals surface area contributed by atoms with Gasteiger partial charge in [0.2, 0.25) is 0 Å². The number of para-hydroxylation sites is 1. The summed E-state index contributed by atoms with van der Waals surface area (Å²) in [6.07, 6.45) is 3.61. The van der Waals surface area contributed by atoms with Crippen molar-refractivity contribution in [1.29, 1.82) is 0 Å². The fourth-order valence-electron chi connectivity index (χ4n) is 3.44. The number of rotatable bonds is 4. The van der Waals surface area contributed by atoms with Crippen LogP contribution in [0, 0.1) is 13.8 Å². The SMILES string of the molecule is Cc1cc(C)nc(OC2CCC(NC(=O)c3nc4ccccc4s3)CC2)n1. The van der Waals surface area contributed by atoms with Crippen molar-refractivity contribution in [2.24, 2.45) is 0 Å². The number of hydrogen-bond donors (Lipinski definition) is 1. The van der Waals surface area contributed by atoms with Gasteiger partial charge in [-0.1, -0.05) is 12.1 Å². The van der Waals surface area contributed by atoms with E-state index >= 15 is 0 Å². The third kappa shape index (κ3) is 4.24. The molecule has 27 heavy (non-hydrogen) atoms. The molecule has 0 unspecified atom stereocenters. The van der Waals surface area contributed by atoms with Crippen molar-refractivity contribution >= 4 is 27.5 Å². The van der Waals surface area contributed by atoms with Gasteiger partial charge in [-0.2, -0.15) is 0 Å². The predicted octanol–water partition coefficient (Wildman–Crippen LogP) is 3.82. The Labute approximate surface area is 162 Å². The number of thiazole rings is 1. The maximum absolute atomic E-state index is 12.5. The van der Waals surface area contributed by atoms with E-state index in [4.69, 9.17) is 4.74 Å². The van der Waals surface area contributed by atoms with Gasteiger partial charge in [-0.15, -0.1) is 11.3 Å². The molecular formula is C20H22N4O2S. The molecule has 2 heterocycles. The van der Waals surface area contributed by atoms with E-state index in [-0.39, 0.29) is 18.1 Å². The molecule has 1 aliphatic rings. The second kappa shape index (κ2) is 7.60. The molecule has 4 rings (SSSR count). The molecule has 140 valence electrons. The summed E-state index contributed by atoms with van der Waals surface area (Å²) in [6, 6.07) is 10.4. The number of benzene rings is 1. The van der Waals surface area contributed by atoms with Gasteiger partial charge in [0.15, 0.2) is 5.01 Å². The van der Waals surface area contributed by atoms with Crippen molar-refractivity contribution in [3.63, 3.8) is 0 Å². The van der Waals surface area contributed by atoms with Gasteiger partial charge in [-0.05, 0) is 57.7 Å². The summed E-state index contributed by atoms with van der Waals surface area (Å²) in [5.74, 6) is -0.0850. The number of aromatic nitrogens is 3. The normalized spacial score (nSPS) is 19.8. The molecule has 7 heteroatoms. The summed E-state index contributed by atoms with van der Waals surface area (Å²) in [6.45, 7) is 3.88. The number of fused-ring (bicyclic) bond motifs is 1. The molecule has 0 aliphatic heterocycles. The molecular weight excluding hydrogens is 360 g/mol. The highest BCUT2D eigenvalue weighted by molar-refractivity contribution is 7.20. The van der Waals surface area contributed by atoms with Crippen molar-refractivity contribution in [2.75, 3.05) is 0 Å². The molecule has 1 saturated carbocycles. The molecule has 1 aliphatic carbocycles. The zero-order chi connectivity index (χ0) is 18.8. The number of nitrogens with zero attached hydrogens (tertiary/aromatic N) is 3. The summed E-state index contributed by atoms with van der Waals surface area (Å²) in [5, 5.41) is 3.65. The average molecular weight is 382 g/mol. The summed E-state index contributed by atoms with van der Waals surface area (Å²) >= 11 is 1.43. The van der Waals surface area contributed by atoms with Crippen LogP contribution in [0.2, 0.25) is 0 Å². The van der Waals surface area contributed by atoms with Crippen molar-refractivity contribution in [1.82, 2.24) is 20.3 Å². The lowest BCUT2D eigenvalue weighted by molar-refractivity contribution is 0.0884. The Morgan fingerprint density at radius 3 is 2.48 bits per heavy atom. The zero-order valence-electron chi connectivity index (χ0n) is 15.4. The number of carbonyl (C=O) groups is 1. The van der Waals surface area contributed by atoms with Gasteiger partial charge < -0.3 is 10.1 Å². The topological polar surface area (TPSA) is 77.0 Å². The van der Waals surface area contributed by atoms with E-state index in [9.17, 15) is 4.79 Å². The number of aryl methyl sites for hydroxylation is 2. The Bertz CT molecular complexity index is 910. The first-order valence-electron chi connectivity index (χ1n) is 9.22. The molecule has 0 saturated heterocycles. The van der Waals surface area contributed by atoms with E-state index in [0.29, 0.717) is 11.0 Å². The van der Waals surface area contributed by atoms with Gasteiger partial charge in [0, 0.05) is 17.4 Å². The number of hydrogen-bond acceptors (Lipinski definition) is 6. The van der Waals surface area contributed by atoms with Gasteiger partial charge in [-0.3, -0.25) is 4.79 Å². The lowest BCUT2D eigenvalue weighted by atomic mass is 9.93. The predicted molar refractivity (Wildman–Crippen MR) is 105 cm³/mol. The monoisotopic (exact) mass is 382 g/mol. The van der Waals surface area contributed by atoms with Crippen LogP contribution in [-0.2, 0) is 0 Å². The summed E-state index contributed by atoms with van der Waals surface area (Å²) in [4.78, 5) is 25.6. The lowest BCUT2D eigenvalue weighted by Crippen LogP contribution is -2.39. The van der Waals surface area contributed by atoms with Crippen LogP contribution in [0.4, 0.5) is 0 Å². The number of amides is 1. The quantitative estimate of drug-likeness (QED) is 0.742. The molecule has 2 aromatic heterocycles.